The molecule has 4 nitrogen and oxygen atoms in total. The molecule has 0 aliphatic heterocycles. The van der Waals surface area contributed by atoms with Crippen molar-refractivity contribution in [2.45, 2.75) is 0 Å². The minimum absolute atomic E-state index is 0.123. The molecule has 1 amide bonds. The van der Waals surface area contributed by atoms with Gasteiger partial charge in [-0.15, -0.1) is 0 Å². The van der Waals surface area contributed by atoms with Crippen molar-refractivity contribution in [2.75, 3.05) is 0 Å². The van der Waals surface area contributed by atoms with Gasteiger partial charge in [0.15, 0.2) is 5.69 Å². The number of amides is 1. The van der Waals surface area contributed by atoms with Crippen LogP contribution in [0.4, 0.5) is 0 Å². The van der Waals surface area contributed by atoms with Gasteiger partial charge in [-0.25, -0.2) is 0 Å². The molecule has 0 aliphatic carbocycles. The summed E-state index contributed by atoms with van der Waals surface area (Å²) < 4.78 is 4.71. The Kier molecular flexibility index (Phi) is 2.43. The standard InChI is InChI=1S/C10H7ClN2O2/c11-7-3-1-6(2-4-7)8-5-15-13-9(8)10(12)14/h1-5H,(H2,12,14). The zero-order valence-electron chi connectivity index (χ0n) is 7.61. The fourth-order valence-corrected chi connectivity index (χ4v) is 1.37. The third-order valence-corrected chi connectivity index (χ3v) is 2.21. The van der Waals surface area contributed by atoms with Crippen LogP contribution in [0.2, 0.25) is 5.02 Å². The maximum atomic E-state index is 11.0. The number of rotatable bonds is 2. The van der Waals surface area contributed by atoms with Crippen molar-refractivity contribution in [3.8, 4) is 11.1 Å². The number of carbonyl (C=O) groups excluding carboxylic acids is 1. The average molecular weight is 223 g/mol. The van der Waals surface area contributed by atoms with Gasteiger partial charge in [0.1, 0.15) is 6.26 Å². The average Bonchev–Trinajstić information content (AvgIpc) is 2.67. The summed E-state index contributed by atoms with van der Waals surface area (Å²) in [7, 11) is 0. The van der Waals surface area contributed by atoms with Gasteiger partial charge in [-0.05, 0) is 17.7 Å². The number of nitrogens with two attached hydrogens (primary N) is 1. The first kappa shape index (κ1) is 9.73. The first-order valence-corrected chi connectivity index (χ1v) is 4.56. The molecule has 1 aromatic carbocycles. The molecule has 15 heavy (non-hydrogen) atoms. The summed E-state index contributed by atoms with van der Waals surface area (Å²) in [5.74, 6) is -0.617. The van der Waals surface area contributed by atoms with Crippen LogP contribution in [-0.2, 0) is 0 Å². The number of aromatic nitrogens is 1. The molecule has 0 spiro atoms. The molecule has 2 aromatic rings. The summed E-state index contributed by atoms with van der Waals surface area (Å²) in [6, 6.07) is 6.96. The Labute approximate surface area is 90.6 Å². The van der Waals surface area contributed by atoms with Gasteiger partial charge >= 0.3 is 0 Å². The van der Waals surface area contributed by atoms with Gasteiger partial charge in [0.2, 0.25) is 0 Å². The molecule has 0 atom stereocenters. The van der Waals surface area contributed by atoms with E-state index in [9.17, 15) is 4.79 Å². The molecule has 0 unspecified atom stereocenters. The van der Waals surface area contributed by atoms with E-state index in [1.807, 2.05) is 0 Å². The normalized spacial score (nSPS) is 10.2. The predicted octanol–water partition coefficient (Wildman–Crippen LogP) is 2.09. The molecule has 2 N–H and O–H groups in total. The van der Waals surface area contributed by atoms with Crippen LogP contribution in [0.3, 0.4) is 0 Å². The summed E-state index contributed by atoms with van der Waals surface area (Å²) in [4.78, 5) is 11.0. The molecule has 5 heteroatoms. The van der Waals surface area contributed by atoms with Gasteiger partial charge in [0.25, 0.3) is 5.91 Å². The van der Waals surface area contributed by atoms with Gasteiger partial charge in [0.05, 0.1) is 5.56 Å². The van der Waals surface area contributed by atoms with E-state index in [1.54, 1.807) is 24.3 Å². The number of hydrogen-bond donors (Lipinski definition) is 1. The fraction of sp³-hybridized carbons (Fsp3) is 0. The quantitative estimate of drug-likeness (QED) is 0.846. The van der Waals surface area contributed by atoms with E-state index >= 15 is 0 Å². The number of carbonyl (C=O) groups is 1. The first-order valence-electron chi connectivity index (χ1n) is 4.18. The summed E-state index contributed by atoms with van der Waals surface area (Å²) in [5, 5.41) is 4.15. The van der Waals surface area contributed by atoms with Crippen LogP contribution in [0, 0.1) is 0 Å². The van der Waals surface area contributed by atoms with E-state index in [-0.39, 0.29) is 5.69 Å². The molecule has 0 radical (unpaired) electrons. The maximum absolute atomic E-state index is 11.0. The van der Waals surface area contributed by atoms with Crippen LogP contribution in [0.25, 0.3) is 11.1 Å². The number of benzene rings is 1. The Morgan fingerprint density at radius 3 is 2.60 bits per heavy atom. The van der Waals surface area contributed by atoms with Crippen LogP contribution in [0.15, 0.2) is 35.1 Å². The monoisotopic (exact) mass is 222 g/mol. The number of halogens is 1. The summed E-state index contributed by atoms with van der Waals surface area (Å²) >= 11 is 5.74. The molecule has 2 rings (SSSR count). The van der Waals surface area contributed by atoms with Crippen molar-refractivity contribution in [2.24, 2.45) is 5.73 Å². The molecule has 0 saturated heterocycles. The number of hydrogen-bond acceptors (Lipinski definition) is 3. The van der Waals surface area contributed by atoms with E-state index in [4.69, 9.17) is 21.9 Å². The van der Waals surface area contributed by atoms with E-state index in [1.165, 1.54) is 6.26 Å². The van der Waals surface area contributed by atoms with Crippen molar-refractivity contribution in [1.82, 2.24) is 5.16 Å². The highest BCUT2D eigenvalue weighted by Gasteiger charge is 2.14. The lowest BCUT2D eigenvalue weighted by Gasteiger charge is -1.98. The Morgan fingerprint density at radius 1 is 1.33 bits per heavy atom. The minimum Gasteiger partial charge on any atom is -0.364 e. The van der Waals surface area contributed by atoms with Gasteiger partial charge in [-0.2, -0.15) is 0 Å². The lowest BCUT2D eigenvalue weighted by atomic mass is 10.1. The van der Waals surface area contributed by atoms with Crippen LogP contribution in [0.5, 0.6) is 0 Å². The number of nitrogens with zero attached hydrogens (tertiary/aromatic N) is 1. The molecule has 0 bridgehead atoms. The predicted molar refractivity (Wildman–Crippen MR) is 55.5 cm³/mol. The van der Waals surface area contributed by atoms with Gasteiger partial charge in [-0.3, -0.25) is 4.79 Å². The second-order valence-electron chi connectivity index (χ2n) is 2.95. The molecule has 0 fully saturated rings. The van der Waals surface area contributed by atoms with Crippen LogP contribution < -0.4 is 5.73 Å². The minimum atomic E-state index is -0.617. The van der Waals surface area contributed by atoms with E-state index in [0.29, 0.717) is 10.6 Å². The topological polar surface area (TPSA) is 69.1 Å². The zero-order valence-corrected chi connectivity index (χ0v) is 8.36. The van der Waals surface area contributed by atoms with Crippen molar-refractivity contribution in [3.05, 3.63) is 41.2 Å². The van der Waals surface area contributed by atoms with Crippen molar-refractivity contribution in [1.29, 1.82) is 0 Å². The molecule has 0 aliphatic rings. The molecule has 76 valence electrons. The van der Waals surface area contributed by atoms with Crippen molar-refractivity contribution >= 4 is 17.5 Å². The summed E-state index contributed by atoms with van der Waals surface area (Å²) in [5.41, 5.74) is 6.62. The Hall–Kier alpha value is -1.81. The molecule has 0 saturated carbocycles. The summed E-state index contributed by atoms with van der Waals surface area (Å²) in [6.07, 6.45) is 1.38. The Balaban J connectivity index is 2.49. The van der Waals surface area contributed by atoms with Crippen LogP contribution in [0.1, 0.15) is 10.5 Å². The Bertz CT molecular complexity index is 490. The fourth-order valence-electron chi connectivity index (χ4n) is 1.25. The largest absolute Gasteiger partial charge is 0.364 e. The van der Waals surface area contributed by atoms with Gasteiger partial charge in [-0.1, -0.05) is 28.9 Å². The van der Waals surface area contributed by atoms with Crippen LogP contribution >= 0.6 is 11.6 Å². The van der Waals surface area contributed by atoms with Crippen LogP contribution in [-0.4, -0.2) is 11.1 Å². The highest BCUT2D eigenvalue weighted by atomic mass is 35.5. The Morgan fingerprint density at radius 2 is 2.00 bits per heavy atom. The van der Waals surface area contributed by atoms with Gasteiger partial charge in [0, 0.05) is 5.02 Å². The highest BCUT2D eigenvalue weighted by Crippen LogP contribution is 2.24. The number of primary amides is 1. The maximum Gasteiger partial charge on any atom is 0.271 e. The molecule has 1 heterocycles. The third kappa shape index (κ3) is 1.85. The van der Waals surface area contributed by atoms with E-state index in [0.717, 1.165) is 5.56 Å². The molecular weight excluding hydrogens is 216 g/mol. The second-order valence-corrected chi connectivity index (χ2v) is 3.38. The highest BCUT2D eigenvalue weighted by molar-refractivity contribution is 6.30. The smallest absolute Gasteiger partial charge is 0.271 e. The van der Waals surface area contributed by atoms with E-state index in [2.05, 4.69) is 5.16 Å². The lowest BCUT2D eigenvalue weighted by molar-refractivity contribution is 0.0992. The van der Waals surface area contributed by atoms with Gasteiger partial charge < -0.3 is 10.3 Å². The van der Waals surface area contributed by atoms with Crippen molar-refractivity contribution in [3.63, 3.8) is 0 Å². The molecular formula is C10H7ClN2O2. The third-order valence-electron chi connectivity index (χ3n) is 1.96. The van der Waals surface area contributed by atoms with E-state index < -0.39 is 5.91 Å². The van der Waals surface area contributed by atoms with Crippen molar-refractivity contribution < 1.29 is 9.32 Å². The summed E-state index contributed by atoms with van der Waals surface area (Å²) in [6.45, 7) is 0. The first-order chi connectivity index (χ1) is 7.18. The second kappa shape index (κ2) is 3.74. The molecule has 1 aromatic heterocycles. The lowest BCUT2D eigenvalue weighted by Crippen LogP contribution is -2.12. The zero-order chi connectivity index (χ0) is 10.8. The SMILES string of the molecule is NC(=O)c1nocc1-c1ccc(Cl)cc1.